The zero-order valence-electron chi connectivity index (χ0n) is 27.7. The van der Waals surface area contributed by atoms with Gasteiger partial charge in [-0.15, -0.1) is 0 Å². The molecule has 0 saturated heterocycles. The fourth-order valence-corrected chi connectivity index (χ4v) is 9.65. The Balaban J connectivity index is 1.24. The van der Waals surface area contributed by atoms with Crippen LogP contribution in [0.4, 0.5) is 0 Å². The molecule has 1 unspecified atom stereocenters. The Morgan fingerprint density at radius 2 is 0.920 bits per heavy atom. The molecule has 1 spiro atoms. The van der Waals surface area contributed by atoms with Crippen molar-refractivity contribution in [3.8, 4) is 44.9 Å². The number of ether oxygens (including phenoxy) is 1. The van der Waals surface area contributed by atoms with E-state index in [-0.39, 0.29) is 5.41 Å². The van der Waals surface area contributed by atoms with Crippen molar-refractivity contribution in [2.75, 3.05) is 0 Å². The average Bonchev–Trinajstić information content (AvgIpc) is 3.62. The summed E-state index contributed by atoms with van der Waals surface area (Å²) in [7, 11) is 0. The third-order valence-electron chi connectivity index (χ3n) is 11.8. The van der Waals surface area contributed by atoms with E-state index < -0.39 is 5.41 Å². The van der Waals surface area contributed by atoms with Gasteiger partial charge < -0.3 is 4.74 Å². The summed E-state index contributed by atoms with van der Waals surface area (Å²) in [5, 5.41) is 2.32. The van der Waals surface area contributed by atoms with Crippen LogP contribution in [0.3, 0.4) is 0 Å². The van der Waals surface area contributed by atoms with Crippen molar-refractivity contribution in [3.05, 3.63) is 215 Å². The summed E-state index contributed by atoms with van der Waals surface area (Å²) in [5.74, 6) is 1.86. The molecule has 0 amide bonds. The van der Waals surface area contributed by atoms with Crippen molar-refractivity contribution >= 4 is 10.8 Å². The van der Waals surface area contributed by atoms with Gasteiger partial charge in [-0.25, -0.2) is 0 Å². The Bertz CT molecular complexity index is 2660. The van der Waals surface area contributed by atoms with Crippen LogP contribution < -0.4 is 4.74 Å². The van der Waals surface area contributed by atoms with Crippen LogP contribution in [0.1, 0.15) is 45.9 Å². The molecule has 11 rings (SSSR count). The summed E-state index contributed by atoms with van der Waals surface area (Å²) >= 11 is 0. The molecule has 50 heavy (non-hydrogen) atoms. The van der Waals surface area contributed by atoms with Gasteiger partial charge in [0.15, 0.2) is 0 Å². The Morgan fingerprint density at radius 3 is 1.64 bits per heavy atom. The van der Waals surface area contributed by atoms with Gasteiger partial charge in [0.2, 0.25) is 0 Å². The van der Waals surface area contributed by atoms with E-state index >= 15 is 0 Å². The van der Waals surface area contributed by atoms with Gasteiger partial charge in [0.25, 0.3) is 0 Å². The van der Waals surface area contributed by atoms with E-state index in [1.165, 1.54) is 77.7 Å². The number of rotatable bonds is 2. The largest absolute Gasteiger partial charge is 0.456 e. The van der Waals surface area contributed by atoms with E-state index in [9.17, 15) is 0 Å². The summed E-state index contributed by atoms with van der Waals surface area (Å²) in [4.78, 5) is 0. The molecule has 0 saturated carbocycles. The van der Waals surface area contributed by atoms with Crippen LogP contribution in [-0.2, 0) is 10.8 Å². The van der Waals surface area contributed by atoms with Gasteiger partial charge in [-0.05, 0) is 91.7 Å². The van der Waals surface area contributed by atoms with Crippen molar-refractivity contribution in [3.63, 3.8) is 0 Å². The molecular weight excluding hydrogens is 605 g/mol. The Hall–Kier alpha value is -6.18. The molecule has 234 valence electrons. The molecule has 3 aliphatic rings. The van der Waals surface area contributed by atoms with Crippen molar-refractivity contribution in [2.45, 2.75) is 17.8 Å². The van der Waals surface area contributed by atoms with E-state index in [4.69, 9.17) is 4.74 Å². The predicted octanol–water partition coefficient (Wildman–Crippen LogP) is 12.3. The smallest absolute Gasteiger partial charge is 0.140 e. The maximum atomic E-state index is 7.01. The molecule has 0 fully saturated rings. The highest BCUT2D eigenvalue weighted by Crippen LogP contribution is 2.64. The van der Waals surface area contributed by atoms with Crippen LogP contribution in [0.25, 0.3) is 44.2 Å². The molecule has 0 radical (unpaired) electrons. The quantitative estimate of drug-likeness (QED) is 0.183. The van der Waals surface area contributed by atoms with Crippen molar-refractivity contribution in [1.82, 2.24) is 0 Å². The number of para-hydroxylation sites is 1. The molecule has 0 N–H and O–H groups in total. The van der Waals surface area contributed by atoms with Crippen LogP contribution >= 0.6 is 0 Å². The average molecular weight is 637 g/mol. The first-order chi connectivity index (χ1) is 24.7. The number of hydrogen-bond donors (Lipinski definition) is 0. The minimum absolute atomic E-state index is 0.278. The summed E-state index contributed by atoms with van der Waals surface area (Å²) in [6, 6.07) is 64.9. The maximum absolute atomic E-state index is 7.01. The molecular formula is C49H32O. The second-order valence-electron chi connectivity index (χ2n) is 14.1. The lowest BCUT2D eigenvalue weighted by Crippen LogP contribution is -2.32. The highest BCUT2D eigenvalue weighted by atomic mass is 16.5. The monoisotopic (exact) mass is 636 g/mol. The standard InChI is InChI=1S/C49H32O/c1-48(32-15-3-2-4-16-32)40-22-10-7-18-34(40)37-28-27-31(29-44(37)48)39-30-45-47(38-21-6-5-17-33(38)39)50-46-26-14-13-25-43(46)49(45)41-23-11-8-19-35(41)36-20-9-12-24-42(36)49/h2-30H,1H3. The topological polar surface area (TPSA) is 9.23 Å². The Kier molecular flexibility index (Phi) is 5.51. The third-order valence-corrected chi connectivity index (χ3v) is 11.8. The van der Waals surface area contributed by atoms with E-state index in [1.54, 1.807) is 0 Å². The third kappa shape index (κ3) is 3.37. The Labute approximate surface area is 292 Å². The maximum Gasteiger partial charge on any atom is 0.140 e. The van der Waals surface area contributed by atoms with Crippen LogP contribution in [0.15, 0.2) is 176 Å². The molecule has 8 aromatic rings. The fourth-order valence-electron chi connectivity index (χ4n) is 9.65. The van der Waals surface area contributed by atoms with E-state index in [0.717, 1.165) is 16.9 Å². The molecule has 1 heterocycles. The summed E-state index contributed by atoms with van der Waals surface area (Å²) in [5.41, 5.74) is 15.8. The van der Waals surface area contributed by atoms with Crippen LogP contribution in [0, 0.1) is 0 Å². The fraction of sp³-hybridized carbons (Fsp3) is 0.0612. The minimum atomic E-state index is -0.526. The van der Waals surface area contributed by atoms with Gasteiger partial charge >= 0.3 is 0 Å². The second kappa shape index (κ2) is 9.94. The van der Waals surface area contributed by atoms with Gasteiger partial charge in [-0.3, -0.25) is 0 Å². The number of fused-ring (bicyclic) bond motifs is 14. The SMILES string of the molecule is CC1(c2ccccc2)c2ccccc2-c2ccc(-c3cc4c(c5ccccc35)Oc3ccccc3C43c4ccccc4-c4ccccc43)cc21. The van der Waals surface area contributed by atoms with Crippen LogP contribution in [-0.4, -0.2) is 0 Å². The molecule has 1 nitrogen and oxygen atoms in total. The first kappa shape index (κ1) is 27.7. The first-order valence-electron chi connectivity index (χ1n) is 17.5. The lowest BCUT2D eigenvalue weighted by molar-refractivity contribution is 0.442. The molecule has 0 bridgehead atoms. The highest BCUT2D eigenvalue weighted by molar-refractivity contribution is 6.04. The van der Waals surface area contributed by atoms with Gasteiger partial charge in [0, 0.05) is 21.9 Å². The zero-order chi connectivity index (χ0) is 33.0. The van der Waals surface area contributed by atoms with Crippen LogP contribution in [0.5, 0.6) is 11.5 Å². The second-order valence-corrected chi connectivity index (χ2v) is 14.1. The molecule has 8 aromatic carbocycles. The van der Waals surface area contributed by atoms with E-state index in [1.807, 2.05) is 0 Å². The lowest BCUT2D eigenvalue weighted by atomic mass is 9.65. The molecule has 0 aromatic heterocycles. The number of benzene rings is 8. The van der Waals surface area contributed by atoms with Gasteiger partial charge in [0.1, 0.15) is 11.5 Å². The molecule has 1 aliphatic heterocycles. The first-order valence-corrected chi connectivity index (χ1v) is 17.5. The van der Waals surface area contributed by atoms with Gasteiger partial charge in [0.05, 0.1) is 5.41 Å². The van der Waals surface area contributed by atoms with Gasteiger partial charge in [-0.2, -0.15) is 0 Å². The van der Waals surface area contributed by atoms with Crippen molar-refractivity contribution in [1.29, 1.82) is 0 Å². The van der Waals surface area contributed by atoms with E-state index in [0.29, 0.717) is 0 Å². The molecule has 1 atom stereocenters. The molecule has 1 heteroatoms. The predicted molar refractivity (Wildman–Crippen MR) is 204 cm³/mol. The minimum Gasteiger partial charge on any atom is -0.456 e. The summed E-state index contributed by atoms with van der Waals surface area (Å²) in [6.07, 6.45) is 0. The summed E-state index contributed by atoms with van der Waals surface area (Å²) in [6.45, 7) is 2.40. The van der Waals surface area contributed by atoms with Gasteiger partial charge in [-0.1, -0.05) is 158 Å². The summed E-state index contributed by atoms with van der Waals surface area (Å²) < 4.78 is 7.01. The normalized spacial score (nSPS) is 16.9. The zero-order valence-corrected chi connectivity index (χ0v) is 27.7. The molecule has 2 aliphatic carbocycles. The highest BCUT2D eigenvalue weighted by Gasteiger charge is 2.51. The number of hydrogen-bond acceptors (Lipinski definition) is 1. The van der Waals surface area contributed by atoms with Crippen molar-refractivity contribution in [2.24, 2.45) is 0 Å². The van der Waals surface area contributed by atoms with E-state index in [2.05, 4.69) is 183 Å². The Morgan fingerprint density at radius 1 is 0.380 bits per heavy atom. The van der Waals surface area contributed by atoms with Crippen molar-refractivity contribution < 1.29 is 4.74 Å². The van der Waals surface area contributed by atoms with Crippen LogP contribution in [0.2, 0.25) is 0 Å². The lowest BCUT2D eigenvalue weighted by Gasteiger charge is -2.40.